The highest BCUT2D eigenvalue weighted by atomic mass is 15.0. The molecule has 63 heavy (non-hydrogen) atoms. The normalized spacial score (nSPS) is 12.9. The van der Waals surface area contributed by atoms with Gasteiger partial charge in [0.05, 0.1) is 33.2 Å². The average molecular weight is 801 g/mol. The van der Waals surface area contributed by atoms with Gasteiger partial charge in [0.15, 0.2) is 0 Å². The fourth-order valence-electron chi connectivity index (χ4n) is 11.0. The third-order valence-corrected chi connectivity index (χ3v) is 13.6. The molecule has 2 nitrogen and oxygen atoms in total. The molecule has 0 atom stereocenters. The largest absolute Gasteiger partial charge is 0.309 e. The Morgan fingerprint density at radius 3 is 1.38 bits per heavy atom. The maximum absolute atomic E-state index is 2.51. The highest BCUT2D eigenvalue weighted by Crippen LogP contribution is 2.57. The van der Waals surface area contributed by atoms with Crippen molar-refractivity contribution in [3.05, 3.63) is 265 Å². The van der Waals surface area contributed by atoms with Gasteiger partial charge in [-0.25, -0.2) is 0 Å². The Hall–Kier alpha value is -8.20. The Morgan fingerprint density at radius 1 is 0.270 bits per heavy atom. The molecular weight excluding hydrogens is 761 g/mol. The molecule has 2 heteroatoms. The van der Waals surface area contributed by atoms with Gasteiger partial charge in [-0.05, 0) is 110 Å². The molecular formula is C61H40N2. The molecule has 13 rings (SSSR count). The lowest BCUT2D eigenvalue weighted by atomic mass is 9.67. The van der Waals surface area contributed by atoms with Gasteiger partial charge >= 0.3 is 0 Å². The Balaban J connectivity index is 1.00. The number of hydrogen-bond acceptors (Lipinski definition) is 0. The van der Waals surface area contributed by atoms with Crippen LogP contribution < -0.4 is 0 Å². The summed E-state index contributed by atoms with van der Waals surface area (Å²) < 4.78 is 4.93. The monoisotopic (exact) mass is 800 g/mol. The van der Waals surface area contributed by atoms with Crippen LogP contribution in [0.4, 0.5) is 0 Å². The molecule has 0 aliphatic heterocycles. The van der Waals surface area contributed by atoms with E-state index >= 15 is 0 Å². The Kier molecular flexibility index (Phi) is 7.85. The van der Waals surface area contributed by atoms with Crippen LogP contribution in [-0.2, 0) is 5.41 Å². The van der Waals surface area contributed by atoms with Crippen LogP contribution in [0.2, 0.25) is 0 Å². The topological polar surface area (TPSA) is 9.86 Å². The number of para-hydroxylation sites is 3. The van der Waals surface area contributed by atoms with Crippen LogP contribution in [0, 0.1) is 0 Å². The van der Waals surface area contributed by atoms with E-state index in [4.69, 9.17) is 0 Å². The molecule has 0 amide bonds. The molecule has 2 aromatic heterocycles. The molecule has 2 heterocycles. The van der Waals surface area contributed by atoms with E-state index in [1.54, 1.807) is 0 Å². The van der Waals surface area contributed by atoms with E-state index in [9.17, 15) is 0 Å². The van der Waals surface area contributed by atoms with Crippen molar-refractivity contribution in [3.63, 3.8) is 0 Å². The van der Waals surface area contributed by atoms with Crippen molar-refractivity contribution in [2.45, 2.75) is 5.41 Å². The van der Waals surface area contributed by atoms with Crippen LogP contribution in [0.1, 0.15) is 22.3 Å². The Bertz CT molecular complexity index is 3690. The van der Waals surface area contributed by atoms with E-state index in [0.717, 1.165) is 5.69 Å². The molecule has 10 aromatic carbocycles. The summed E-state index contributed by atoms with van der Waals surface area (Å²) in [6, 6.07) is 89.6. The number of hydrogen-bond donors (Lipinski definition) is 0. The maximum atomic E-state index is 2.51. The molecule has 0 N–H and O–H groups in total. The molecule has 0 spiro atoms. The summed E-state index contributed by atoms with van der Waals surface area (Å²) >= 11 is 0. The summed E-state index contributed by atoms with van der Waals surface area (Å²) in [4.78, 5) is 0. The summed E-state index contributed by atoms with van der Waals surface area (Å²) in [5, 5.41) is 4.96. The second-order valence-corrected chi connectivity index (χ2v) is 16.8. The summed E-state index contributed by atoms with van der Waals surface area (Å²) in [6.45, 7) is 0. The second kappa shape index (κ2) is 13.9. The van der Waals surface area contributed by atoms with Crippen molar-refractivity contribution in [1.29, 1.82) is 0 Å². The number of nitrogens with zero attached hydrogens (tertiary/aromatic N) is 2. The van der Waals surface area contributed by atoms with E-state index in [1.807, 2.05) is 0 Å². The molecule has 1 aliphatic rings. The quantitative estimate of drug-likeness (QED) is 0.159. The van der Waals surface area contributed by atoms with Gasteiger partial charge in [-0.2, -0.15) is 0 Å². The zero-order chi connectivity index (χ0) is 41.5. The van der Waals surface area contributed by atoms with Gasteiger partial charge in [0.25, 0.3) is 0 Å². The third-order valence-electron chi connectivity index (χ3n) is 13.6. The van der Waals surface area contributed by atoms with Gasteiger partial charge < -0.3 is 9.13 Å². The van der Waals surface area contributed by atoms with Gasteiger partial charge in [-0.3, -0.25) is 0 Å². The minimum Gasteiger partial charge on any atom is -0.309 e. The van der Waals surface area contributed by atoms with Gasteiger partial charge in [0, 0.05) is 27.2 Å². The van der Waals surface area contributed by atoms with E-state index < -0.39 is 5.41 Å². The number of aromatic nitrogens is 2. The first-order chi connectivity index (χ1) is 31.3. The standard InChI is InChI=1S/C61H40N2/c1-3-18-41(19-4-1)42-20-17-23-46(38-42)62-56-31-14-9-26-49(56)51-39-43(34-36-58(51)62)44-35-37-59-52(40-44)50-27-10-15-32-57(50)63(59)60-33-16-13-30-55(60)61(45-21-5-2-6-22-45)53-28-11-7-24-47(53)48-25-8-12-29-54(48)61/h1-40H. The van der Waals surface area contributed by atoms with Crippen molar-refractivity contribution in [1.82, 2.24) is 9.13 Å². The first-order valence-electron chi connectivity index (χ1n) is 21.8. The fourth-order valence-corrected chi connectivity index (χ4v) is 11.0. The summed E-state index contributed by atoms with van der Waals surface area (Å²) in [7, 11) is 0. The van der Waals surface area contributed by atoms with Crippen molar-refractivity contribution >= 4 is 43.6 Å². The number of rotatable bonds is 6. The van der Waals surface area contributed by atoms with Crippen molar-refractivity contribution in [3.8, 4) is 44.8 Å². The Morgan fingerprint density at radius 2 is 0.730 bits per heavy atom. The summed E-state index contributed by atoms with van der Waals surface area (Å²) in [6.07, 6.45) is 0. The number of benzene rings is 10. The highest BCUT2D eigenvalue weighted by Gasteiger charge is 2.47. The van der Waals surface area contributed by atoms with Crippen LogP contribution >= 0.6 is 0 Å². The van der Waals surface area contributed by atoms with Crippen LogP contribution in [0.15, 0.2) is 243 Å². The zero-order valence-corrected chi connectivity index (χ0v) is 34.5. The summed E-state index contributed by atoms with van der Waals surface area (Å²) in [5.74, 6) is 0. The average Bonchev–Trinajstić information content (AvgIpc) is 3.98. The highest BCUT2D eigenvalue weighted by molar-refractivity contribution is 6.13. The molecule has 0 unspecified atom stereocenters. The molecule has 0 saturated carbocycles. The van der Waals surface area contributed by atoms with Gasteiger partial charge in [-0.1, -0.05) is 188 Å². The molecule has 0 bridgehead atoms. The van der Waals surface area contributed by atoms with Gasteiger partial charge in [0.1, 0.15) is 0 Å². The first kappa shape index (κ1) is 35.5. The van der Waals surface area contributed by atoms with E-state index in [-0.39, 0.29) is 0 Å². The number of fused-ring (bicyclic) bond motifs is 9. The zero-order valence-electron chi connectivity index (χ0n) is 34.5. The third kappa shape index (κ3) is 5.19. The second-order valence-electron chi connectivity index (χ2n) is 16.8. The predicted octanol–water partition coefficient (Wildman–Crippen LogP) is 15.6. The van der Waals surface area contributed by atoms with Crippen molar-refractivity contribution < 1.29 is 0 Å². The van der Waals surface area contributed by atoms with Crippen LogP contribution in [0.5, 0.6) is 0 Å². The molecule has 294 valence electrons. The lowest BCUT2D eigenvalue weighted by Gasteiger charge is -2.35. The van der Waals surface area contributed by atoms with E-state index in [2.05, 4.69) is 252 Å². The summed E-state index contributed by atoms with van der Waals surface area (Å²) in [5.41, 5.74) is 19.1. The lowest BCUT2D eigenvalue weighted by molar-refractivity contribution is 0.761. The molecule has 0 fully saturated rings. The van der Waals surface area contributed by atoms with Crippen molar-refractivity contribution in [2.75, 3.05) is 0 Å². The predicted molar refractivity (Wildman–Crippen MR) is 263 cm³/mol. The lowest BCUT2D eigenvalue weighted by Crippen LogP contribution is -2.30. The maximum Gasteiger partial charge on any atom is 0.0733 e. The molecule has 0 radical (unpaired) electrons. The van der Waals surface area contributed by atoms with Crippen LogP contribution in [0.3, 0.4) is 0 Å². The molecule has 12 aromatic rings. The molecule has 0 saturated heterocycles. The van der Waals surface area contributed by atoms with Crippen molar-refractivity contribution in [2.24, 2.45) is 0 Å². The minimum atomic E-state index is -0.528. The molecule has 1 aliphatic carbocycles. The Labute approximate surface area is 366 Å². The van der Waals surface area contributed by atoms with Gasteiger partial charge in [0.2, 0.25) is 0 Å². The van der Waals surface area contributed by atoms with E-state index in [0.29, 0.717) is 0 Å². The fraction of sp³-hybridized carbons (Fsp3) is 0.0164. The van der Waals surface area contributed by atoms with E-state index in [1.165, 1.54) is 105 Å². The smallest absolute Gasteiger partial charge is 0.0733 e. The minimum absolute atomic E-state index is 0.528. The van der Waals surface area contributed by atoms with Crippen LogP contribution in [-0.4, -0.2) is 9.13 Å². The van der Waals surface area contributed by atoms with Gasteiger partial charge in [-0.15, -0.1) is 0 Å². The van der Waals surface area contributed by atoms with Crippen LogP contribution in [0.25, 0.3) is 88.4 Å². The first-order valence-corrected chi connectivity index (χ1v) is 21.8. The SMILES string of the molecule is c1ccc(-c2cccc(-n3c4ccccc4c4cc(-c5ccc6c(c5)c5ccccc5n6-c5ccccc5C5(c6ccccc6)c6ccccc6-c6ccccc65)ccc43)c2)cc1.